The van der Waals surface area contributed by atoms with Gasteiger partial charge in [0.05, 0.1) is 12.6 Å². The Labute approximate surface area is 98.0 Å². The molecule has 0 radical (unpaired) electrons. The predicted octanol–water partition coefficient (Wildman–Crippen LogP) is 2.38. The lowest BCUT2D eigenvalue weighted by Crippen LogP contribution is -2.26. The molecule has 0 spiro atoms. The molecule has 0 bridgehead atoms. The minimum Gasteiger partial charge on any atom is -0.383 e. The molecule has 86 valence electrons. The molecule has 2 nitrogen and oxygen atoms in total. The summed E-state index contributed by atoms with van der Waals surface area (Å²) in [6, 6.07) is 10.6. The molecule has 16 heavy (non-hydrogen) atoms. The van der Waals surface area contributed by atoms with Crippen LogP contribution >= 0.6 is 0 Å². The Hall–Kier alpha value is -1.30. The fourth-order valence-corrected chi connectivity index (χ4v) is 1.56. The first-order valence-electron chi connectivity index (χ1n) is 5.55. The van der Waals surface area contributed by atoms with E-state index in [9.17, 15) is 0 Å². The number of hydrogen-bond donors (Lipinski definition) is 1. The van der Waals surface area contributed by atoms with E-state index >= 15 is 0 Å². The minimum absolute atomic E-state index is 0.254. The molecule has 1 rings (SSSR count). The van der Waals surface area contributed by atoms with Crippen LogP contribution in [0.15, 0.2) is 30.3 Å². The molecule has 1 aromatic rings. The Morgan fingerprint density at radius 3 is 2.69 bits per heavy atom. The van der Waals surface area contributed by atoms with E-state index in [0.29, 0.717) is 6.61 Å². The summed E-state index contributed by atoms with van der Waals surface area (Å²) in [5.41, 5.74) is 1.26. The number of nitrogens with one attached hydrogen (secondary N) is 1. The van der Waals surface area contributed by atoms with E-state index in [-0.39, 0.29) is 6.04 Å². The third-order valence-electron chi connectivity index (χ3n) is 2.35. The third-order valence-corrected chi connectivity index (χ3v) is 2.35. The molecule has 0 saturated heterocycles. The van der Waals surface area contributed by atoms with Gasteiger partial charge in [0.2, 0.25) is 0 Å². The van der Waals surface area contributed by atoms with Crippen molar-refractivity contribution in [1.29, 1.82) is 0 Å². The first-order chi connectivity index (χ1) is 7.88. The highest BCUT2D eigenvalue weighted by molar-refractivity contribution is 5.19. The van der Waals surface area contributed by atoms with Crippen LogP contribution in [0.1, 0.15) is 24.9 Å². The SMILES string of the molecule is CC#CCCN[C@H](COC)c1ccccc1. The van der Waals surface area contributed by atoms with Crippen molar-refractivity contribution in [3.8, 4) is 11.8 Å². The van der Waals surface area contributed by atoms with Crippen LogP contribution in [-0.4, -0.2) is 20.3 Å². The lowest BCUT2D eigenvalue weighted by molar-refractivity contribution is 0.167. The van der Waals surface area contributed by atoms with Gasteiger partial charge < -0.3 is 10.1 Å². The van der Waals surface area contributed by atoms with Crippen LogP contribution < -0.4 is 5.32 Å². The zero-order chi connectivity index (χ0) is 11.6. The average Bonchev–Trinajstić information content (AvgIpc) is 2.34. The molecular weight excluding hydrogens is 198 g/mol. The molecular formula is C14H19NO. The first-order valence-corrected chi connectivity index (χ1v) is 5.55. The maximum Gasteiger partial charge on any atom is 0.0657 e. The number of benzene rings is 1. The summed E-state index contributed by atoms with van der Waals surface area (Å²) in [5, 5.41) is 3.44. The normalized spacial score (nSPS) is 11.6. The highest BCUT2D eigenvalue weighted by atomic mass is 16.5. The van der Waals surface area contributed by atoms with E-state index < -0.39 is 0 Å². The number of hydrogen-bond acceptors (Lipinski definition) is 2. The van der Waals surface area contributed by atoms with Crippen molar-refractivity contribution in [2.75, 3.05) is 20.3 Å². The Balaban J connectivity index is 2.50. The van der Waals surface area contributed by atoms with Crippen LogP contribution in [0.4, 0.5) is 0 Å². The van der Waals surface area contributed by atoms with Gasteiger partial charge in [0.25, 0.3) is 0 Å². The van der Waals surface area contributed by atoms with Gasteiger partial charge in [-0.2, -0.15) is 0 Å². The second-order valence-corrected chi connectivity index (χ2v) is 3.55. The van der Waals surface area contributed by atoms with Gasteiger partial charge in [0.15, 0.2) is 0 Å². The molecule has 0 unspecified atom stereocenters. The third kappa shape index (κ3) is 4.48. The molecule has 0 aliphatic rings. The lowest BCUT2D eigenvalue weighted by atomic mass is 10.1. The standard InChI is InChI=1S/C14H19NO/c1-3-4-8-11-15-14(12-16-2)13-9-6-5-7-10-13/h5-7,9-10,14-15H,8,11-12H2,1-2H3/t14-/m1/s1. The Morgan fingerprint density at radius 1 is 1.31 bits per heavy atom. The molecule has 0 heterocycles. The van der Waals surface area contributed by atoms with Crippen molar-refractivity contribution >= 4 is 0 Å². The summed E-state index contributed by atoms with van der Waals surface area (Å²) in [4.78, 5) is 0. The van der Waals surface area contributed by atoms with Crippen LogP contribution in [0.25, 0.3) is 0 Å². The second-order valence-electron chi connectivity index (χ2n) is 3.55. The van der Waals surface area contributed by atoms with Crippen LogP contribution in [0, 0.1) is 11.8 Å². The van der Waals surface area contributed by atoms with Gasteiger partial charge in [-0.05, 0) is 12.5 Å². The van der Waals surface area contributed by atoms with Crippen molar-refractivity contribution < 1.29 is 4.74 Å². The zero-order valence-electron chi connectivity index (χ0n) is 9.99. The zero-order valence-corrected chi connectivity index (χ0v) is 9.99. The van der Waals surface area contributed by atoms with E-state index in [4.69, 9.17) is 4.74 Å². The second kappa shape index (κ2) is 7.92. The van der Waals surface area contributed by atoms with Gasteiger partial charge in [-0.15, -0.1) is 11.8 Å². The van der Waals surface area contributed by atoms with Gasteiger partial charge in [-0.1, -0.05) is 30.3 Å². The fourth-order valence-electron chi connectivity index (χ4n) is 1.56. The maximum absolute atomic E-state index is 5.22. The summed E-state index contributed by atoms with van der Waals surface area (Å²) in [6.45, 7) is 3.44. The summed E-state index contributed by atoms with van der Waals surface area (Å²) < 4.78 is 5.22. The van der Waals surface area contributed by atoms with E-state index in [1.165, 1.54) is 5.56 Å². The summed E-state index contributed by atoms with van der Waals surface area (Å²) in [6.07, 6.45) is 0.879. The van der Waals surface area contributed by atoms with E-state index in [2.05, 4.69) is 29.3 Å². The largest absolute Gasteiger partial charge is 0.383 e. The van der Waals surface area contributed by atoms with Crippen molar-refractivity contribution in [3.63, 3.8) is 0 Å². The fraction of sp³-hybridized carbons (Fsp3) is 0.429. The molecule has 1 N–H and O–H groups in total. The molecule has 2 heteroatoms. The molecule has 0 aromatic heterocycles. The van der Waals surface area contributed by atoms with Gasteiger partial charge in [0, 0.05) is 20.1 Å². The van der Waals surface area contributed by atoms with Gasteiger partial charge in [0.1, 0.15) is 0 Å². The minimum atomic E-state index is 0.254. The van der Waals surface area contributed by atoms with Crippen molar-refractivity contribution in [2.24, 2.45) is 0 Å². The lowest BCUT2D eigenvalue weighted by Gasteiger charge is -2.17. The average molecular weight is 217 g/mol. The smallest absolute Gasteiger partial charge is 0.0657 e. The van der Waals surface area contributed by atoms with Gasteiger partial charge >= 0.3 is 0 Å². The van der Waals surface area contributed by atoms with Crippen molar-refractivity contribution in [3.05, 3.63) is 35.9 Å². The predicted molar refractivity (Wildman–Crippen MR) is 67.1 cm³/mol. The Bertz CT molecular complexity index is 337. The molecule has 0 amide bonds. The van der Waals surface area contributed by atoms with Gasteiger partial charge in [-0.25, -0.2) is 0 Å². The van der Waals surface area contributed by atoms with Crippen LogP contribution in [0.2, 0.25) is 0 Å². The van der Waals surface area contributed by atoms with Crippen LogP contribution in [0.5, 0.6) is 0 Å². The monoisotopic (exact) mass is 217 g/mol. The van der Waals surface area contributed by atoms with Crippen LogP contribution in [-0.2, 0) is 4.74 Å². The highest BCUT2D eigenvalue weighted by Crippen LogP contribution is 2.12. The molecule has 0 aliphatic heterocycles. The quantitative estimate of drug-likeness (QED) is 0.583. The molecule has 1 atom stereocenters. The highest BCUT2D eigenvalue weighted by Gasteiger charge is 2.08. The summed E-state index contributed by atoms with van der Waals surface area (Å²) >= 11 is 0. The van der Waals surface area contributed by atoms with Crippen molar-refractivity contribution in [1.82, 2.24) is 5.32 Å². The van der Waals surface area contributed by atoms with E-state index in [0.717, 1.165) is 13.0 Å². The molecule has 1 aromatic carbocycles. The van der Waals surface area contributed by atoms with Crippen molar-refractivity contribution in [2.45, 2.75) is 19.4 Å². The number of rotatable bonds is 6. The summed E-state index contributed by atoms with van der Waals surface area (Å²) in [5.74, 6) is 5.94. The Morgan fingerprint density at radius 2 is 2.06 bits per heavy atom. The number of methoxy groups -OCH3 is 1. The van der Waals surface area contributed by atoms with E-state index in [1.807, 2.05) is 25.1 Å². The molecule has 0 saturated carbocycles. The van der Waals surface area contributed by atoms with Crippen LogP contribution in [0.3, 0.4) is 0 Å². The summed E-state index contributed by atoms with van der Waals surface area (Å²) in [7, 11) is 1.73. The molecule has 0 aliphatic carbocycles. The molecule has 0 fully saturated rings. The van der Waals surface area contributed by atoms with E-state index in [1.54, 1.807) is 7.11 Å². The van der Waals surface area contributed by atoms with Gasteiger partial charge in [-0.3, -0.25) is 0 Å². The Kier molecular flexibility index (Phi) is 6.32. The first kappa shape index (κ1) is 12.8. The maximum atomic E-state index is 5.22. The topological polar surface area (TPSA) is 21.3 Å². The number of ether oxygens (including phenoxy) is 1.